The highest BCUT2D eigenvalue weighted by molar-refractivity contribution is 5.94. The number of anilines is 1. The monoisotopic (exact) mass is 454 g/mol. The number of aryl methyl sites for hydroxylation is 1. The molecule has 2 atom stereocenters. The van der Waals surface area contributed by atoms with Crippen LogP contribution in [-0.2, 0) is 17.9 Å². The van der Waals surface area contributed by atoms with E-state index in [1.165, 1.54) is 4.90 Å². The second kappa shape index (κ2) is 9.55. The molecule has 33 heavy (non-hydrogen) atoms. The Labute approximate surface area is 191 Å². The SMILES string of the molecule is Cc1ccccc1N1CCN(CCN[N+](=O)[C@H](O)[C@@H](O)C(=O)N2Cc3ccccc3C2)C1=O. The molecule has 10 nitrogen and oxygen atoms in total. The number of hydrogen-bond acceptors (Lipinski definition) is 5. The zero-order valence-electron chi connectivity index (χ0n) is 18.4. The van der Waals surface area contributed by atoms with Gasteiger partial charge < -0.3 is 20.0 Å². The molecule has 2 aromatic carbocycles. The van der Waals surface area contributed by atoms with Gasteiger partial charge in [-0.1, -0.05) is 42.5 Å². The van der Waals surface area contributed by atoms with Crippen molar-refractivity contribution in [3.05, 3.63) is 70.1 Å². The van der Waals surface area contributed by atoms with E-state index in [-0.39, 0.29) is 24.0 Å². The molecule has 10 heteroatoms. The lowest BCUT2D eigenvalue weighted by atomic mass is 10.1. The van der Waals surface area contributed by atoms with Crippen molar-refractivity contribution in [2.45, 2.75) is 32.3 Å². The number of rotatable bonds is 8. The fraction of sp³-hybridized carbons (Fsp3) is 0.391. The summed E-state index contributed by atoms with van der Waals surface area (Å²) in [7, 11) is 0. The third-order valence-electron chi connectivity index (χ3n) is 6.08. The van der Waals surface area contributed by atoms with Crippen LogP contribution in [0.1, 0.15) is 16.7 Å². The second-order valence-electron chi connectivity index (χ2n) is 8.26. The number of carbonyl (C=O) groups is 2. The Bertz CT molecular complexity index is 1040. The number of benzene rings is 2. The Kier molecular flexibility index (Phi) is 6.57. The molecule has 3 N–H and O–H groups in total. The predicted octanol–water partition coefficient (Wildman–Crippen LogP) is 0.742. The minimum absolute atomic E-state index is 0.0595. The quantitative estimate of drug-likeness (QED) is 0.308. The summed E-state index contributed by atoms with van der Waals surface area (Å²) in [6.07, 6.45) is -3.87. The number of carbonyl (C=O) groups excluding carboxylic acids is 2. The number of hydrazine groups is 1. The molecular formula is C23H28N5O5+. The maximum atomic E-state index is 12.7. The van der Waals surface area contributed by atoms with Gasteiger partial charge in [-0.25, -0.2) is 4.79 Å². The predicted molar refractivity (Wildman–Crippen MR) is 120 cm³/mol. The number of aliphatic hydroxyl groups is 2. The van der Waals surface area contributed by atoms with Crippen molar-refractivity contribution < 1.29 is 24.7 Å². The van der Waals surface area contributed by atoms with Crippen LogP contribution in [0.2, 0.25) is 0 Å². The summed E-state index contributed by atoms with van der Waals surface area (Å²) in [4.78, 5) is 42.2. The van der Waals surface area contributed by atoms with Crippen molar-refractivity contribution in [3.8, 4) is 0 Å². The van der Waals surface area contributed by atoms with Gasteiger partial charge in [-0.3, -0.25) is 9.69 Å². The van der Waals surface area contributed by atoms with Crippen LogP contribution >= 0.6 is 0 Å². The highest BCUT2D eigenvalue weighted by Gasteiger charge is 2.41. The number of nitrogens with zero attached hydrogens (tertiary/aromatic N) is 4. The van der Waals surface area contributed by atoms with Crippen LogP contribution in [0, 0.1) is 11.8 Å². The second-order valence-corrected chi connectivity index (χ2v) is 8.26. The van der Waals surface area contributed by atoms with Gasteiger partial charge in [0, 0.05) is 38.4 Å². The van der Waals surface area contributed by atoms with Crippen molar-refractivity contribution in [1.82, 2.24) is 15.2 Å². The number of fused-ring (bicyclic) bond motifs is 1. The van der Waals surface area contributed by atoms with Crippen molar-refractivity contribution in [2.24, 2.45) is 0 Å². The topological polar surface area (TPSA) is 116 Å². The van der Waals surface area contributed by atoms with Gasteiger partial charge in [0.1, 0.15) is 0 Å². The zero-order chi connectivity index (χ0) is 23.5. The van der Waals surface area contributed by atoms with Gasteiger partial charge >= 0.3 is 12.3 Å². The van der Waals surface area contributed by atoms with E-state index in [1.54, 1.807) is 9.80 Å². The van der Waals surface area contributed by atoms with E-state index in [1.807, 2.05) is 55.5 Å². The summed E-state index contributed by atoms with van der Waals surface area (Å²) in [5.41, 5.74) is 6.22. The Morgan fingerprint density at radius 3 is 2.36 bits per heavy atom. The maximum Gasteiger partial charge on any atom is 0.369 e. The fourth-order valence-corrected chi connectivity index (χ4v) is 4.20. The molecule has 174 valence electrons. The molecule has 1 fully saturated rings. The molecule has 2 aromatic rings. The summed E-state index contributed by atoms with van der Waals surface area (Å²) in [6.45, 7) is 3.92. The number of nitrogens with one attached hydrogen (secondary N) is 1. The first-order valence-electron chi connectivity index (χ1n) is 10.9. The molecule has 2 aliphatic heterocycles. The van der Waals surface area contributed by atoms with E-state index in [9.17, 15) is 24.7 Å². The van der Waals surface area contributed by atoms with Crippen LogP contribution in [0.25, 0.3) is 0 Å². The lowest BCUT2D eigenvalue weighted by Crippen LogP contribution is -2.51. The summed E-state index contributed by atoms with van der Waals surface area (Å²) in [5.74, 6) is -0.718. The molecule has 0 radical (unpaired) electrons. The number of hydrogen-bond donors (Lipinski definition) is 3. The van der Waals surface area contributed by atoms with E-state index >= 15 is 0 Å². The average Bonchev–Trinajstić information content (AvgIpc) is 3.41. The molecule has 0 unspecified atom stereocenters. The Morgan fingerprint density at radius 1 is 1.06 bits per heavy atom. The number of para-hydroxylation sites is 1. The average molecular weight is 455 g/mol. The van der Waals surface area contributed by atoms with Crippen molar-refractivity contribution in [1.29, 1.82) is 0 Å². The molecule has 1 saturated heterocycles. The third-order valence-corrected chi connectivity index (χ3v) is 6.08. The van der Waals surface area contributed by atoms with E-state index < -0.39 is 18.2 Å². The van der Waals surface area contributed by atoms with Crippen molar-refractivity contribution in [2.75, 3.05) is 31.1 Å². The van der Waals surface area contributed by atoms with Crippen LogP contribution in [0.3, 0.4) is 0 Å². The highest BCUT2D eigenvalue weighted by Crippen LogP contribution is 2.24. The van der Waals surface area contributed by atoms with E-state index in [4.69, 9.17) is 0 Å². The highest BCUT2D eigenvalue weighted by atomic mass is 16.4. The van der Waals surface area contributed by atoms with Crippen LogP contribution in [0.15, 0.2) is 48.5 Å². The first-order valence-corrected chi connectivity index (χ1v) is 10.9. The molecule has 2 aliphatic rings. The first-order chi connectivity index (χ1) is 15.9. The molecule has 0 spiro atoms. The standard InChI is InChI=1S/C23H28N5O5/c1-16-6-2-5-9-19(16)27-13-12-25(23(27)32)11-10-24-28(33)22(31)20(29)21(30)26-14-17-7-3-4-8-18(17)15-26/h2-9,20,22,29,31H,10-15H2,1H3,(H,24,33)/q+1/t20-,22+/m0/s1. The number of nitroso groups, excluding NO2 is 1. The lowest BCUT2D eigenvalue weighted by Gasteiger charge is -2.20. The zero-order valence-corrected chi connectivity index (χ0v) is 18.4. The molecule has 0 saturated carbocycles. The summed E-state index contributed by atoms with van der Waals surface area (Å²) in [5, 5.41) is 20.4. The Morgan fingerprint density at radius 2 is 1.70 bits per heavy atom. The minimum atomic E-state index is -1.97. The Balaban J connectivity index is 1.25. The normalized spacial score (nSPS) is 17.2. The number of urea groups is 1. The first kappa shape index (κ1) is 22.7. The van der Waals surface area contributed by atoms with Gasteiger partial charge in [0.2, 0.25) is 6.10 Å². The molecule has 2 heterocycles. The molecule has 0 aromatic heterocycles. The van der Waals surface area contributed by atoms with Gasteiger partial charge in [-0.2, -0.15) is 0 Å². The van der Waals surface area contributed by atoms with Gasteiger partial charge in [-0.15, -0.1) is 5.43 Å². The largest absolute Gasteiger partial charge is 0.375 e. The van der Waals surface area contributed by atoms with E-state index in [2.05, 4.69) is 5.43 Å². The van der Waals surface area contributed by atoms with Crippen LogP contribution in [0.5, 0.6) is 0 Å². The lowest BCUT2D eigenvalue weighted by molar-refractivity contribution is -0.682. The minimum Gasteiger partial charge on any atom is -0.375 e. The van der Waals surface area contributed by atoms with Gasteiger partial charge in [-0.05, 0) is 29.7 Å². The number of aliphatic hydroxyl groups excluding tert-OH is 2. The molecular weight excluding hydrogens is 426 g/mol. The summed E-state index contributed by atoms with van der Waals surface area (Å²) >= 11 is 0. The summed E-state index contributed by atoms with van der Waals surface area (Å²) in [6, 6.07) is 15.0. The van der Waals surface area contributed by atoms with Gasteiger partial charge in [0.05, 0.1) is 11.5 Å². The molecule has 0 bridgehead atoms. The van der Waals surface area contributed by atoms with Gasteiger partial charge in [0.25, 0.3) is 5.91 Å². The van der Waals surface area contributed by atoms with E-state index in [0.29, 0.717) is 26.2 Å². The van der Waals surface area contributed by atoms with Crippen molar-refractivity contribution in [3.63, 3.8) is 0 Å². The van der Waals surface area contributed by atoms with Crippen LogP contribution < -0.4 is 10.3 Å². The number of amides is 3. The van der Waals surface area contributed by atoms with Crippen LogP contribution in [-0.4, -0.2) is 75.3 Å². The maximum absolute atomic E-state index is 12.7. The Hall–Kier alpha value is -3.50. The van der Waals surface area contributed by atoms with Crippen LogP contribution in [0.4, 0.5) is 10.5 Å². The van der Waals surface area contributed by atoms with E-state index in [0.717, 1.165) is 22.4 Å². The third kappa shape index (κ3) is 4.67. The molecule has 3 amide bonds. The fourth-order valence-electron chi connectivity index (χ4n) is 4.20. The van der Waals surface area contributed by atoms with Gasteiger partial charge in [0.15, 0.2) is 4.87 Å². The smallest absolute Gasteiger partial charge is 0.369 e. The molecule has 0 aliphatic carbocycles. The van der Waals surface area contributed by atoms with Crippen molar-refractivity contribution >= 4 is 17.6 Å². The summed E-state index contributed by atoms with van der Waals surface area (Å²) < 4.78 is 0. The molecule has 4 rings (SSSR count).